The first-order chi connectivity index (χ1) is 18.5. The van der Waals surface area contributed by atoms with Gasteiger partial charge in [-0.25, -0.2) is 4.98 Å². The molecule has 39 heavy (non-hydrogen) atoms. The van der Waals surface area contributed by atoms with Gasteiger partial charge in [0.05, 0.1) is 35.2 Å². The van der Waals surface area contributed by atoms with Crippen LogP contribution in [0, 0.1) is 11.3 Å². The van der Waals surface area contributed by atoms with Gasteiger partial charge in [0, 0.05) is 6.42 Å². The van der Waals surface area contributed by atoms with Crippen LogP contribution in [0.2, 0.25) is 4.34 Å². The summed E-state index contributed by atoms with van der Waals surface area (Å²) in [5.41, 5.74) is -4.75. The largest absolute Gasteiger partial charge is 0.458 e. The lowest BCUT2D eigenvalue weighted by Gasteiger charge is -2.23. The van der Waals surface area contributed by atoms with Gasteiger partial charge < -0.3 is 9.30 Å². The van der Waals surface area contributed by atoms with E-state index in [4.69, 9.17) is 16.3 Å². The summed E-state index contributed by atoms with van der Waals surface area (Å²) in [6.45, 7) is -1.20. The number of nitriles is 1. The van der Waals surface area contributed by atoms with Gasteiger partial charge in [0.25, 0.3) is 5.56 Å². The molecular formula is C26H16ClF6N3O2S. The van der Waals surface area contributed by atoms with Crippen LogP contribution in [0.25, 0.3) is 11.3 Å². The van der Waals surface area contributed by atoms with Crippen molar-refractivity contribution in [3.05, 3.63) is 97.2 Å². The summed E-state index contributed by atoms with van der Waals surface area (Å²) in [5, 5.41) is 9.72. The summed E-state index contributed by atoms with van der Waals surface area (Å²) >= 11 is 7.12. The molecule has 4 aromatic rings. The van der Waals surface area contributed by atoms with Gasteiger partial charge in [0.2, 0.25) is 0 Å². The van der Waals surface area contributed by atoms with Gasteiger partial charge in [-0.15, -0.1) is 11.3 Å². The van der Waals surface area contributed by atoms with Gasteiger partial charge in [0.1, 0.15) is 27.5 Å². The highest BCUT2D eigenvalue weighted by atomic mass is 35.5. The lowest BCUT2D eigenvalue weighted by atomic mass is 9.99. The van der Waals surface area contributed by atoms with Crippen molar-refractivity contribution in [2.24, 2.45) is 0 Å². The normalized spacial score (nSPS) is 11.8. The Morgan fingerprint density at radius 3 is 2.26 bits per heavy atom. The maximum atomic E-state index is 14.5. The fraction of sp³-hybridized carbons (Fsp3) is 0.192. The number of aryl methyl sites for hydroxylation is 1. The van der Waals surface area contributed by atoms with Crippen molar-refractivity contribution in [2.45, 2.75) is 25.1 Å². The Kier molecular flexibility index (Phi) is 8.04. The standard InChI is InChI=1S/C26H16ClF6N3O2S/c27-23-20(35-22(39-23)10-11-28)14-36-21(12-19(18(13-34)24(36)37)25(29,30)26(31,32)33)15-6-8-17(9-7-15)38-16-4-2-1-3-5-16/h1-9,12H,10-11,14H2. The highest BCUT2D eigenvalue weighted by Crippen LogP contribution is 2.45. The molecule has 0 N–H and O–H groups in total. The van der Waals surface area contributed by atoms with E-state index >= 15 is 0 Å². The number of ether oxygens (including phenoxy) is 1. The van der Waals surface area contributed by atoms with Gasteiger partial charge in [-0.1, -0.05) is 29.8 Å². The van der Waals surface area contributed by atoms with E-state index in [-0.39, 0.29) is 27.7 Å². The average molecular weight is 584 g/mol. The molecule has 0 amide bonds. The second-order valence-corrected chi connectivity index (χ2v) is 9.79. The number of benzene rings is 2. The molecule has 2 aromatic heterocycles. The first kappa shape index (κ1) is 28.2. The molecule has 0 aliphatic rings. The number of aromatic nitrogens is 2. The van der Waals surface area contributed by atoms with Crippen LogP contribution in [0.1, 0.15) is 21.8 Å². The molecule has 0 spiro atoms. The van der Waals surface area contributed by atoms with Crippen molar-refractivity contribution < 1.29 is 31.1 Å². The lowest BCUT2D eigenvalue weighted by molar-refractivity contribution is -0.289. The van der Waals surface area contributed by atoms with E-state index in [1.165, 1.54) is 30.3 Å². The molecule has 13 heteroatoms. The third-order valence-corrected chi connectivity index (χ3v) is 6.94. The number of thiazole rings is 1. The zero-order valence-corrected chi connectivity index (χ0v) is 21.2. The molecule has 0 saturated carbocycles. The van der Waals surface area contributed by atoms with Gasteiger partial charge in [-0.3, -0.25) is 9.18 Å². The molecule has 0 aliphatic heterocycles. The number of para-hydroxylation sites is 1. The van der Waals surface area contributed by atoms with Crippen LogP contribution in [0.5, 0.6) is 11.5 Å². The van der Waals surface area contributed by atoms with E-state index in [0.717, 1.165) is 15.9 Å². The predicted octanol–water partition coefficient (Wildman–Crippen LogP) is 7.50. The van der Waals surface area contributed by atoms with Crippen LogP contribution in [0.15, 0.2) is 65.5 Å². The van der Waals surface area contributed by atoms with Crippen molar-refractivity contribution >= 4 is 22.9 Å². The highest BCUT2D eigenvalue weighted by Gasteiger charge is 2.60. The first-order valence-corrected chi connectivity index (χ1v) is 12.3. The van der Waals surface area contributed by atoms with E-state index in [2.05, 4.69) is 4.98 Å². The van der Waals surface area contributed by atoms with E-state index in [1.807, 2.05) is 0 Å². The summed E-state index contributed by atoms with van der Waals surface area (Å²) in [7, 11) is 0. The van der Waals surface area contributed by atoms with Crippen LogP contribution in [-0.2, 0) is 18.9 Å². The fourth-order valence-electron chi connectivity index (χ4n) is 3.68. The molecule has 0 unspecified atom stereocenters. The fourth-order valence-corrected chi connectivity index (χ4v) is 4.82. The molecule has 2 aromatic carbocycles. The van der Waals surface area contributed by atoms with Crippen molar-refractivity contribution in [2.75, 3.05) is 6.67 Å². The van der Waals surface area contributed by atoms with Gasteiger partial charge >= 0.3 is 12.1 Å². The van der Waals surface area contributed by atoms with Crippen LogP contribution in [0.3, 0.4) is 0 Å². The van der Waals surface area contributed by atoms with Crippen molar-refractivity contribution in [1.29, 1.82) is 5.26 Å². The lowest BCUT2D eigenvalue weighted by Crippen LogP contribution is -2.38. The van der Waals surface area contributed by atoms with E-state index in [9.17, 15) is 36.4 Å². The van der Waals surface area contributed by atoms with E-state index in [1.54, 1.807) is 30.3 Å². The molecule has 0 aliphatic carbocycles. The number of rotatable bonds is 8. The molecule has 0 saturated heterocycles. The van der Waals surface area contributed by atoms with Crippen LogP contribution < -0.4 is 10.3 Å². The number of hydrogen-bond acceptors (Lipinski definition) is 5. The third kappa shape index (κ3) is 5.79. The van der Waals surface area contributed by atoms with Crippen molar-refractivity contribution in [1.82, 2.24) is 9.55 Å². The summed E-state index contributed by atoms with van der Waals surface area (Å²) in [6.07, 6.45) is -6.13. The Hall–Kier alpha value is -3.82. The number of alkyl halides is 6. The third-order valence-electron chi connectivity index (χ3n) is 5.55. The zero-order chi connectivity index (χ0) is 28.4. The SMILES string of the molecule is N#Cc1c(C(F)(F)C(F)(F)F)cc(-c2ccc(Oc3ccccc3)cc2)n(Cc2nc(CCF)sc2Cl)c1=O. The van der Waals surface area contributed by atoms with E-state index in [0.29, 0.717) is 22.6 Å². The van der Waals surface area contributed by atoms with Crippen LogP contribution in [0.4, 0.5) is 26.3 Å². The number of halogens is 7. The maximum absolute atomic E-state index is 14.5. The minimum Gasteiger partial charge on any atom is -0.457 e. The summed E-state index contributed by atoms with van der Waals surface area (Å²) in [6, 6.07) is 15.9. The molecule has 202 valence electrons. The van der Waals surface area contributed by atoms with Crippen LogP contribution >= 0.6 is 22.9 Å². The predicted molar refractivity (Wildman–Crippen MR) is 133 cm³/mol. The molecule has 0 atom stereocenters. The topological polar surface area (TPSA) is 67.9 Å². The number of nitrogens with zero attached hydrogens (tertiary/aromatic N) is 3. The number of pyridine rings is 1. The molecule has 2 heterocycles. The monoisotopic (exact) mass is 583 g/mol. The minimum absolute atomic E-state index is 0.0603. The Morgan fingerprint density at radius 1 is 1.03 bits per heavy atom. The van der Waals surface area contributed by atoms with Gasteiger partial charge in [-0.2, -0.15) is 27.2 Å². The zero-order valence-electron chi connectivity index (χ0n) is 19.6. The molecule has 4 rings (SSSR count). The second-order valence-electron chi connectivity index (χ2n) is 8.10. The Bertz CT molecular complexity index is 1580. The van der Waals surface area contributed by atoms with Gasteiger partial charge in [-0.05, 0) is 48.0 Å². The van der Waals surface area contributed by atoms with Gasteiger partial charge in [0.15, 0.2) is 0 Å². The van der Waals surface area contributed by atoms with Crippen molar-refractivity contribution in [3.8, 4) is 28.8 Å². The summed E-state index contributed by atoms with van der Waals surface area (Å²) < 4.78 is 88.2. The minimum atomic E-state index is -6.07. The molecular weight excluding hydrogens is 568 g/mol. The molecule has 5 nitrogen and oxygen atoms in total. The first-order valence-electron chi connectivity index (χ1n) is 11.1. The molecule has 0 fully saturated rings. The summed E-state index contributed by atoms with van der Waals surface area (Å²) in [5.74, 6) is -4.67. The molecule has 0 radical (unpaired) electrons. The maximum Gasteiger partial charge on any atom is 0.458 e. The Morgan fingerprint density at radius 2 is 1.67 bits per heavy atom. The molecule has 0 bridgehead atoms. The smallest absolute Gasteiger partial charge is 0.457 e. The van der Waals surface area contributed by atoms with Crippen molar-refractivity contribution in [3.63, 3.8) is 0 Å². The second kappa shape index (κ2) is 11.1. The quantitative estimate of drug-likeness (QED) is 0.201. The van der Waals surface area contributed by atoms with E-state index < -0.39 is 42.0 Å². The van der Waals surface area contributed by atoms with Crippen LogP contribution in [-0.4, -0.2) is 22.4 Å². The summed E-state index contributed by atoms with van der Waals surface area (Å²) in [4.78, 5) is 17.4. The Labute approximate surface area is 226 Å². The average Bonchev–Trinajstić information content (AvgIpc) is 3.24. The Balaban J connectivity index is 1.88. The highest BCUT2D eigenvalue weighted by molar-refractivity contribution is 7.16. The number of hydrogen-bond donors (Lipinski definition) is 0.